The third-order valence-electron chi connectivity index (χ3n) is 3.70. The van der Waals surface area contributed by atoms with Crippen molar-refractivity contribution in [2.24, 2.45) is 0 Å². The molecule has 0 heterocycles. The first-order valence-electron chi connectivity index (χ1n) is 6.98. The molecule has 1 atom stereocenters. The van der Waals surface area contributed by atoms with Crippen molar-refractivity contribution in [3.63, 3.8) is 0 Å². The fourth-order valence-corrected chi connectivity index (χ4v) is 3.14. The molecule has 0 bridgehead atoms. The zero-order valence-electron chi connectivity index (χ0n) is 12.1. The minimum Gasteiger partial charge on any atom is -0.384 e. The van der Waals surface area contributed by atoms with Crippen LogP contribution in [0.25, 0.3) is 10.8 Å². The molecule has 0 fully saturated rings. The van der Waals surface area contributed by atoms with Crippen LogP contribution in [0.5, 0.6) is 0 Å². The molecule has 0 saturated heterocycles. The highest BCUT2D eigenvalue weighted by atomic mass is 79.9. The van der Waals surface area contributed by atoms with E-state index >= 15 is 0 Å². The van der Waals surface area contributed by atoms with Crippen LogP contribution < -0.4 is 0 Å². The summed E-state index contributed by atoms with van der Waals surface area (Å²) in [5, 5.41) is 13.0. The van der Waals surface area contributed by atoms with E-state index in [0.29, 0.717) is 0 Å². The van der Waals surface area contributed by atoms with Crippen molar-refractivity contribution >= 4 is 26.7 Å². The van der Waals surface area contributed by atoms with Crippen molar-refractivity contribution < 1.29 is 5.11 Å². The van der Waals surface area contributed by atoms with Crippen molar-refractivity contribution in [1.82, 2.24) is 0 Å². The van der Waals surface area contributed by atoms with E-state index in [1.54, 1.807) is 0 Å². The number of fused-ring (bicyclic) bond motifs is 1. The third kappa shape index (κ3) is 3.02. The second-order valence-electron chi connectivity index (χ2n) is 5.57. The number of rotatable bonds is 2. The largest absolute Gasteiger partial charge is 0.384 e. The van der Waals surface area contributed by atoms with Crippen LogP contribution in [0.2, 0.25) is 0 Å². The van der Waals surface area contributed by atoms with Gasteiger partial charge < -0.3 is 5.11 Å². The van der Waals surface area contributed by atoms with Crippen LogP contribution in [-0.2, 0) is 0 Å². The van der Waals surface area contributed by atoms with Gasteiger partial charge in [-0.05, 0) is 53.9 Å². The fraction of sp³-hybridized carbons (Fsp3) is 0.158. The summed E-state index contributed by atoms with van der Waals surface area (Å²) >= 11 is 3.48. The molecule has 3 rings (SSSR count). The second-order valence-corrected chi connectivity index (χ2v) is 6.49. The number of aliphatic hydroxyl groups is 1. The molecule has 0 saturated carbocycles. The van der Waals surface area contributed by atoms with E-state index in [2.05, 4.69) is 60.1 Å². The first-order valence-corrected chi connectivity index (χ1v) is 7.78. The molecule has 0 radical (unpaired) electrons. The Hall–Kier alpha value is -1.64. The SMILES string of the molecule is Cc1cc(C)cc(C(O)c2ccc3cc(Br)ccc3c2)c1. The molecule has 3 aromatic carbocycles. The predicted octanol–water partition coefficient (Wildman–Crippen LogP) is 5.30. The molecule has 21 heavy (non-hydrogen) atoms. The lowest BCUT2D eigenvalue weighted by atomic mass is 9.96. The molecule has 106 valence electrons. The van der Waals surface area contributed by atoms with Crippen LogP contribution in [0.4, 0.5) is 0 Å². The van der Waals surface area contributed by atoms with Crippen molar-refractivity contribution in [3.05, 3.63) is 81.3 Å². The summed E-state index contributed by atoms with van der Waals surface area (Å²) in [4.78, 5) is 0. The van der Waals surface area contributed by atoms with Crippen LogP contribution in [0.15, 0.2) is 59.1 Å². The molecule has 0 aromatic heterocycles. The third-order valence-corrected chi connectivity index (χ3v) is 4.20. The molecule has 1 N–H and O–H groups in total. The lowest BCUT2D eigenvalue weighted by Gasteiger charge is -2.14. The maximum Gasteiger partial charge on any atom is 0.104 e. The maximum absolute atomic E-state index is 10.6. The zero-order chi connectivity index (χ0) is 15.0. The lowest BCUT2D eigenvalue weighted by Crippen LogP contribution is -2.00. The molecular weight excluding hydrogens is 324 g/mol. The van der Waals surface area contributed by atoms with Crippen molar-refractivity contribution in [2.45, 2.75) is 20.0 Å². The summed E-state index contributed by atoms with van der Waals surface area (Å²) < 4.78 is 1.07. The van der Waals surface area contributed by atoms with Crippen molar-refractivity contribution in [2.75, 3.05) is 0 Å². The van der Waals surface area contributed by atoms with Crippen molar-refractivity contribution in [1.29, 1.82) is 0 Å². The van der Waals surface area contributed by atoms with E-state index in [1.165, 1.54) is 16.5 Å². The quantitative estimate of drug-likeness (QED) is 0.670. The molecule has 2 heteroatoms. The molecule has 0 spiro atoms. The zero-order valence-corrected chi connectivity index (χ0v) is 13.7. The Bertz CT molecular complexity index is 788. The first kappa shape index (κ1) is 14.3. The van der Waals surface area contributed by atoms with Crippen LogP contribution in [0.1, 0.15) is 28.4 Å². The summed E-state index contributed by atoms with van der Waals surface area (Å²) in [6, 6.07) is 18.5. The van der Waals surface area contributed by atoms with E-state index in [9.17, 15) is 5.11 Å². The van der Waals surface area contributed by atoms with E-state index in [0.717, 1.165) is 21.0 Å². The normalized spacial score (nSPS) is 12.6. The monoisotopic (exact) mass is 340 g/mol. The van der Waals surface area contributed by atoms with Gasteiger partial charge in [0, 0.05) is 4.47 Å². The average molecular weight is 341 g/mol. The Morgan fingerprint density at radius 2 is 1.38 bits per heavy atom. The molecule has 0 amide bonds. The smallest absolute Gasteiger partial charge is 0.104 e. The van der Waals surface area contributed by atoms with Crippen molar-refractivity contribution in [3.8, 4) is 0 Å². The van der Waals surface area contributed by atoms with Crippen LogP contribution in [-0.4, -0.2) is 5.11 Å². The fourth-order valence-electron chi connectivity index (χ4n) is 2.77. The summed E-state index contributed by atoms with van der Waals surface area (Å²) in [5.41, 5.74) is 4.22. The van der Waals surface area contributed by atoms with Gasteiger partial charge in [0.15, 0.2) is 0 Å². The Balaban J connectivity index is 2.04. The van der Waals surface area contributed by atoms with Gasteiger partial charge in [-0.2, -0.15) is 0 Å². The number of hydrogen-bond donors (Lipinski definition) is 1. The maximum atomic E-state index is 10.6. The Kier molecular flexibility index (Phi) is 3.83. The first-order chi connectivity index (χ1) is 10.0. The highest BCUT2D eigenvalue weighted by Gasteiger charge is 2.12. The van der Waals surface area contributed by atoms with Gasteiger partial charge in [0.25, 0.3) is 0 Å². The second kappa shape index (κ2) is 5.63. The van der Waals surface area contributed by atoms with Gasteiger partial charge in [-0.3, -0.25) is 0 Å². The van der Waals surface area contributed by atoms with Gasteiger partial charge in [0.1, 0.15) is 6.10 Å². The predicted molar refractivity (Wildman–Crippen MR) is 91.6 cm³/mol. The molecule has 0 aliphatic rings. The molecule has 1 nitrogen and oxygen atoms in total. The topological polar surface area (TPSA) is 20.2 Å². The van der Waals surface area contributed by atoms with E-state index in [4.69, 9.17) is 0 Å². The molecule has 3 aromatic rings. The summed E-state index contributed by atoms with van der Waals surface area (Å²) in [6.45, 7) is 4.11. The van der Waals surface area contributed by atoms with Gasteiger partial charge in [0.2, 0.25) is 0 Å². The Morgan fingerprint density at radius 1 is 0.762 bits per heavy atom. The summed E-state index contributed by atoms with van der Waals surface area (Å²) in [5.74, 6) is 0. The minimum absolute atomic E-state index is 0.586. The number of halogens is 1. The Labute approximate surface area is 133 Å². The number of benzene rings is 3. The Morgan fingerprint density at radius 3 is 2.10 bits per heavy atom. The number of aryl methyl sites for hydroxylation is 2. The molecule has 0 aliphatic heterocycles. The van der Waals surface area contributed by atoms with Crippen LogP contribution in [0, 0.1) is 13.8 Å². The van der Waals surface area contributed by atoms with E-state index in [1.807, 2.05) is 24.3 Å². The van der Waals surface area contributed by atoms with Gasteiger partial charge in [-0.15, -0.1) is 0 Å². The minimum atomic E-state index is -0.586. The molecule has 1 unspecified atom stereocenters. The van der Waals surface area contributed by atoms with Crippen LogP contribution >= 0.6 is 15.9 Å². The summed E-state index contributed by atoms with van der Waals surface area (Å²) in [6.07, 6.45) is -0.586. The van der Waals surface area contributed by atoms with Gasteiger partial charge in [0.05, 0.1) is 0 Å². The summed E-state index contributed by atoms with van der Waals surface area (Å²) in [7, 11) is 0. The molecular formula is C19H17BrO. The number of hydrogen-bond acceptors (Lipinski definition) is 1. The standard InChI is InChI=1S/C19H17BrO/c1-12-7-13(2)9-17(8-12)19(21)16-4-3-15-11-18(20)6-5-14(15)10-16/h3-11,19,21H,1-2H3. The average Bonchev–Trinajstić information content (AvgIpc) is 2.45. The highest BCUT2D eigenvalue weighted by Crippen LogP contribution is 2.28. The van der Waals surface area contributed by atoms with Gasteiger partial charge in [-0.25, -0.2) is 0 Å². The van der Waals surface area contributed by atoms with Gasteiger partial charge >= 0.3 is 0 Å². The highest BCUT2D eigenvalue weighted by molar-refractivity contribution is 9.10. The van der Waals surface area contributed by atoms with Crippen LogP contribution in [0.3, 0.4) is 0 Å². The lowest BCUT2D eigenvalue weighted by molar-refractivity contribution is 0.220. The van der Waals surface area contributed by atoms with Gasteiger partial charge in [-0.1, -0.05) is 63.5 Å². The number of aliphatic hydroxyl groups excluding tert-OH is 1. The van der Waals surface area contributed by atoms with E-state index in [-0.39, 0.29) is 0 Å². The molecule has 0 aliphatic carbocycles. The van der Waals surface area contributed by atoms with E-state index < -0.39 is 6.10 Å².